The summed E-state index contributed by atoms with van der Waals surface area (Å²) >= 11 is 0. The third-order valence-corrected chi connectivity index (χ3v) is 4.88. The fraction of sp³-hybridized carbons (Fsp3) is 0.733. The van der Waals surface area contributed by atoms with E-state index in [4.69, 9.17) is 0 Å². The maximum absolute atomic E-state index is 11.4. The number of fused-ring (bicyclic) bond motifs is 2. The van der Waals surface area contributed by atoms with E-state index < -0.39 is 5.97 Å². The molecule has 2 N–H and O–H groups in total. The third-order valence-electron chi connectivity index (χ3n) is 4.88. The van der Waals surface area contributed by atoms with Crippen LogP contribution in [0.25, 0.3) is 0 Å². The average Bonchev–Trinajstić information content (AvgIpc) is 3.11. The lowest BCUT2D eigenvalue weighted by Gasteiger charge is -2.28. The van der Waals surface area contributed by atoms with Crippen molar-refractivity contribution in [3.63, 3.8) is 0 Å². The lowest BCUT2D eigenvalue weighted by atomic mass is 9.84. The molecule has 2 fully saturated rings. The van der Waals surface area contributed by atoms with Gasteiger partial charge in [-0.2, -0.15) is 5.10 Å². The van der Waals surface area contributed by atoms with Crippen LogP contribution in [0.15, 0.2) is 12.4 Å². The molecule has 0 aliphatic heterocycles. The molecule has 3 rings (SSSR count). The summed E-state index contributed by atoms with van der Waals surface area (Å²) in [5.41, 5.74) is 1.14. The minimum Gasteiger partial charge on any atom is -0.481 e. The van der Waals surface area contributed by atoms with Crippen LogP contribution in [-0.4, -0.2) is 26.9 Å². The van der Waals surface area contributed by atoms with E-state index in [-0.39, 0.29) is 12.0 Å². The Labute approximate surface area is 119 Å². The Morgan fingerprint density at radius 1 is 1.50 bits per heavy atom. The maximum Gasteiger partial charge on any atom is 0.308 e. The number of hydrogen-bond donors (Lipinski definition) is 2. The van der Waals surface area contributed by atoms with E-state index in [1.807, 2.05) is 10.9 Å². The van der Waals surface area contributed by atoms with Crippen LogP contribution >= 0.6 is 0 Å². The molecule has 0 amide bonds. The smallest absolute Gasteiger partial charge is 0.308 e. The number of nitrogens with zero attached hydrogens (tertiary/aromatic N) is 2. The van der Waals surface area contributed by atoms with Gasteiger partial charge in [-0.15, -0.1) is 0 Å². The molecule has 2 aliphatic rings. The maximum atomic E-state index is 11.4. The van der Waals surface area contributed by atoms with Crippen LogP contribution in [0.5, 0.6) is 0 Å². The molecule has 4 unspecified atom stereocenters. The summed E-state index contributed by atoms with van der Waals surface area (Å²) in [7, 11) is 0. The molecule has 1 heterocycles. The Morgan fingerprint density at radius 3 is 3.05 bits per heavy atom. The molecule has 0 aromatic carbocycles. The second-order valence-corrected chi connectivity index (χ2v) is 6.22. The number of rotatable bonds is 6. The fourth-order valence-electron chi connectivity index (χ4n) is 4.03. The standard InChI is InChI=1S/C15H23N3O2/c1-2-5-18-9-10(8-17-18)7-16-14-12-4-3-11(6-12)13(14)15(19)20/h8-9,11-14,16H,2-7H2,1H3,(H,19,20). The number of hydrogen-bond acceptors (Lipinski definition) is 3. The van der Waals surface area contributed by atoms with Gasteiger partial charge in [0.2, 0.25) is 0 Å². The van der Waals surface area contributed by atoms with Crippen molar-refractivity contribution in [3.05, 3.63) is 18.0 Å². The summed E-state index contributed by atoms with van der Waals surface area (Å²) in [4.78, 5) is 11.4. The van der Waals surface area contributed by atoms with Crippen molar-refractivity contribution >= 4 is 5.97 Å². The zero-order chi connectivity index (χ0) is 14.1. The summed E-state index contributed by atoms with van der Waals surface area (Å²) in [6.07, 6.45) is 8.37. The highest BCUT2D eigenvalue weighted by atomic mass is 16.4. The summed E-state index contributed by atoms with van der Waals surface area (Å²) in [5.74, 6) is 0.111. The van der Waals surface area contributed by atoms with E-state index in [1.165, 1.54) is 6.42 Å². The van der Waals surface area contributed by atoms with Crippen LogP contribution in [0.3, 0.4) is 0 Å². The Kier molecular flexibility index (Phi) is 3.78. The van der Waals surface area contributed by atoms with Crippen molar-refractivity contribution in [1.29, 1.82) is 0 Å². The Morgan fingerprint density at radius 2 is 2.30 bits per heavy atom. The van der Waals surface area contributed by atoms with Gasteiger partial charge >= 0.3 is 5.97 Å². The second-order valence-electron chi connectivity index (χ2n) is 6.22. The van der Waals surface area contributed by atoms with Gasteiger partial charge < -0.3 is 10.4 Å². The van der Waals surface area contributed by atoms with Crippen LogP contribution in [0.1, 0.15) is 38.2 Å². The van der Waals surface area contributed by atoms with E-state index in [9.17, 15) is 9.90 Å². The zero-order valence-corrected chi connectivity index (χ0v) is 12.0. The molecule has 1 aromatic rings. The lowest BCUT2D eigenvalue weighted by molar-refractivity contribution is -0.144. The first-order valence-electron chi connectivity index (χ1n) is 7.66. The first-order valence-corrected chi connectivity index (χ1v) is 7.66. The second kappa shape index (κ2) is 5.56. The van der Waals surface area contributed by atoms with Crippen molar-refractivity contribution in [3.8, 4) is 0 Å². The van der Waals surface area contributed by atoms with Crippen molar-refractivity contribution < 1.29 is 9.90 Å². The van der Waals surface area contributed by atoms with Gasteiger partial charge in [-0.05, 0) is 37.5 Å². The molecule has 1 aromatic heterocycles. The summed E-state index contributed by atoms with van der Waals surface area (Å²) in [5, 5.41) is 17.2. The molecule has 20 heavy (non-hydrogen) atoms. The van der Waals surface area contributed by atoms with Crippen molar-refractivity contribution in [2.45, 2.75) is 51.7 Å². The number of carboxylic acids is 1. The van der Waals surface area contributed by atoms with Crippen LogP contribution in [0.2, 0.25) is 0 Å². The van der Waals surface area contributed by atoms with Crippen molar-refractivity contribution in [1.82, 2.24) is 15.1 Å². The molecule has 5 nitrogen and oxygen atoms in total. The number of aryl methyl sites for hydroxylation is 1. The van der Waals surface area contributed by atoms with E-state index >= 15 is 0 Å². The average molecular weight is 277 g/mol. The van der Waals surface area contributed by atoms with Crippen LogP contribution in [-0.2, 0) is 17.9 Å². The van der Waals surface area contributed by atoms with Crippen LogP contribution in [0, 0.1) is 17.8 Å². The summed E-state index contributed by atoms with van der Waals surface area (Å²) in [6.45, 7) is 3.79. The number of carboxylic acid groups (broad SMARTS) is 1. The van der Waals surface area contributed by atoms with Gasteiger partial charge in [0.25, 0.3) is 0 Å². The SMILES string of the molecule is CCCn1cc(CNC2C3CCC(C3)C2C(=O)O)cn1. The van der Waals surface area contributed by atoms with Gasteiger partial charge in [0.05, 0.1) is 12.1 Å². The molecule has 4 atom stereocenters. The lowest BCUT2D eigenvalue weighted by Crippen LogP contribution is -2.43. The molecule has 5 heteroatoms. The summed E-state index contributed by atoms with van der Waals surface area (Å²) in [6, 6.07) is 0.140. The van der Waals surface area contributed by atoms with Gasteiger partial charge in [-0.25, -0.2) is 0 Å². The number of carbonyl (C=O) groups is 1. The van der Waals surface area contributed by atoms with E-state index in [2.05, 4.69) is 23.5 Å². The monoisotopic (exact) mass is 277 g/mol. The molecule has 2 aliphatic carbocycles. The van der Waals surface area contributed by atoms with Gasteiger partial charge in [0, 0.05) is 30.9 Å². The topological polar surface area (TPSA) is 67.2 Å². The molecule has 2 bridgehead atoms. The molecular formula is C15H23N3O2. The van der Waals surface area contributed by atoms with Crippen molar-refractivity contribution in [2.75, 3.05) is 0 Å². The Hall–Kier alpha value is -1.36. The van der Waals surface area contributed by atoms with E-state index in [0.29, 0.717) is 11.8 Å². The summed E-state index contributed by atoms with van der Waals surface area (Å²) < 4.78 is 1.95. The molecule has 0 radical (unpaired) electrons. The first kappa shape index (κ1) is 13.6. The fourth-order valence-corrected chi connectivity index (χ4v) is 4.03. The van der Waals surface area contributed by atoms with Gasteiger partial charge in [0.15, 0.2) is 0 Å². The van der Waals surface area contributed by atoms with Crippen LogP contribution in [0.4, 0.5) is 0 Å². The molecule has 2 saturated carbocycles. The Balaban J connectivity index is 1.60. The van der Waals surface area contributed by atoms with Gasteiger partial charge in [-0.3, -0.25) is 9.48 Å². The predicted molar refractivity (Wildman–Crippen MR) is 75.1 cm³/mol. The van der Waals surface area contributed by atoms with Crippen LogP contribution < -0.4 is 5.32 Å². The molecule has 0 spiro atoms. The number of aromatic nitrogens is 2. The van der Waals surface area contributed by atoms with E-state index in [1.54, 1.807) is 0 Å². The third kappa shape index (κ3) is 2.46. The normalized spacial score (nSPS) is 31.9. The highest BCUT2D eigenvalue weighted by Crippen LogP contribution is 2.48. The van der Waals surface area contributed by atoms with E-state index in [0.717, 1.165) is 37.9 Å². The van der Waals surface area contributed by atoms with Crippen molar-refractivity contribution in [2.24, 2.45) is 17.8 Å². The highest BCUT2D eigenvalue weighted by molar-refractivity contribution is 5.72. The zero-order valence-electron chi connectivity index (χ0n) is 12.0. The minimum atomic E-state index is -0.628. The minimum absolute atomic E-state index is 0.140. The Bertz CT molecular complexity index is 485. The van der Waals surface area contributed by atoms with Gasteiger partial charge in [0.1, 0.15) is 0 Å². The predicted octanol–water partition coefficient (Wildman–Crippen LogP) is 1.88. The quantitative estimate of drug-likeness (QED) is 0.833. The number of nitrogens with one attached hydrogen (secondary N) is 1. The molecule has 110 valence electrons. The molecular weight excluding hydrogens is 254 g/mol. The van der Waals surface area contributed by atoms with Gasteiger partial charge in [-0.1, -0.05) is 6.92 Å². The molecule has 0 saturated heterocycles. The number of aliphatic carboxylic acids is 1. The highest BCUT2D eigenvalue weighted by Gasteiger charge is 2.50. The first-order chi connectivity index (χ1) is 9.69. The largest absolute Gasteiger partial charge is 0.481 e.